The topological polar surface area (TPSA) is 304 Å². The molecule has 4 heterocycles. The number of carbonyl (C=O) groups excluding carboxylic acids is 10. The van der Waals surface area contributed by atoms with Gasteiger partial charge in [-0.2, -0.15) is 0 Å². The van der Waals surface area contributed by atoms with Crippen molar-refractivity contribution in [2.75, 3.05) is 26.2 Å². The van der Waals surface area contributed by atoms with E-state index < -0.39 is 23.9 Å². The van der Waals surface area contributed by atoms with E-state index >= 15 is 0 Å². The minimum Gasteiger partial charge on any atom is -0.550 e. The SMILES string of the molecule is CC1=CC(=O)N(CCCCCCCCCCCC(=O)[O-])C1=O.CC1=CC(=O)N(CCCCCCCCCCCC(=O)[O-])C1=O.CC1=CC(=O)N(CCCCCCCCCCCCC(=O)O)C1=O.CC1=CC(=O)N(CCCCCCCCCCCCC(=O)O)C1=O.[Zn+2]. The number of hydrogen-bond acceptors (Lipinski definition) is 14. The summed E-state index contributed by atoms with van der Waals surface area (Å²) in [4.78, 5) is 139. The number of unbranched alkanes of at least 4 members (excludes halogenated alkanes) is 34. The van der Waals surface area contributed by atoms with Gasteiger partial charge in [-0.1, -0.05) is 193 Å². The summed E-state index contributed by atoms with van der Waals surface area (Å²) in [5.74, 6) is -4.61. The summed E-state index contributed by atoms with van der Waals surface area (Å²) in [6.45, 7) is 8.83. The fourth-order valence-electron chi connectivity index (χ4n) is 10.9. The van der Waals surface area contributed by atoms with Crippen LogP contribution in [0.25, 0.3) is 0 Å². The van der Waals surface area contributed by atoms with Crippen molar-refractivity contribution < 1.29 is 97.4 Å². The molecule has 0 radical (unpaired) electrons. The summed E-state index contributed by atoms with van der Waals surface area (Å²) in [5.41, 5.74) is 2.14. The van der Waals surface area contributed by atoms with Crippen molar-refractivity contribution in [3.05, 3.63) is 46.6 Å². The maximum Gasteiger partial charge on any atom is 2.00 e. The van der Waals surface area contributed by atoms with Crippen LogP contribution in [-0.2, 0) is 77.0 Å². The Morgan fingerprint density at radius 1 is 0.275 bits per heavy atom. The zero-order valence-electron chi connectivity index (χ0n) is 55.9. The van der Waals surface area contributed by atoms with E-state index in [-0.39, 0.29) is 92.4 Å². The third kappa shape index (κ3) is 42.0. The Balaban J connectivity index is 0.00000118. The minimum atomic E-state index is -0.958. The van der Waals surface area contributed by atoms with Crippen LogP contribution in [0.3, 0.4) is 0 Å². The Morgan fingerprint density at radius 3 is 0.549 bits per heavy atom. The molecule has 91 heavy (non-hydrogen) atoms. The minimum absolute atomic E-state index is 0. The third-order valence-electron chi connectivity index (χ3n) is 16.3. The molecular formula is C70H110N4O16Zn. The monoisotopic (exact) mass is 1330 g/mol. The molecule has 0 unspecified atom stereocenters. The molecule has 2 N–H and O–H groups in total. The van der Waals surface area contributed by atoms with E-state index in [0.717, 1.165) is 180 Å². The van der Waals surface area contributed by atoms with Crippen LogP contribution in [0, 0.1) is 0 Å². The van der Waals surface area contributed by atoms with Crippen LogP contribution < -0.4 is 10.2 Å². The molecule has 0 fully saturated rings. The largest absolute Gasteiger partial charge is 2.00 e. The molecule has 20 nitrogen and oxygen atoms in total. The molecule has 4 aliphatic heterocycles. The Hall–Kier alpha value is -5.98. The maximum atomic E-state index is 11.7. The van der Waals surface area contributed by atoms with E-state index in [2.05, 4.69) is 0 Å². The molecular weight excluding hydrogens is 1220 g/mol. The van der Waals surface area contributed by atoms with Gasteiger partial charge in [-0.15, -0.1) is 0 Å². The van der Waals surface area contributed by atoms with Gasteiger partial charge in [-0.25, -0.2) is 0 Å². The van der Waals surface area contributed by atoms with Crippen LogP contribution in [0.1, 0.15) is 297 Å². The maximum absolute atomic E-state index is 11.7. The smallest absolute Gasteiger partial charge is 0.550 e. The van der Waals surface area contributed by atoms with Crippen molar-refractivity contribution in [3.63, 3.8) is 0 Å². The fraction of sp³-hybridized carbons (Fsp3) is 0.714. The fourth-order valence-corrected chi connectivity index (χ4v) is 10.9. The normalized spacial score (nSPS) is 14.4. The first-order valence-electron chi connectivity index (χ1n) is 34.1. The van der Waals surface area contributed by atoms with E-state index in [0.29, 0.717) is 61.3 Å². The first kappa shape index (κ1) is 85.0. The van der Waals surface area contributed by atoms with Crippen molar-refractivity contribution in [3.8, 4) is 0 Å². The number of rotatable bonds is 50. The number of carboxylic acids is 4. The molecule has 21 heteroatoms. The van der Waals surface area contributed by atoms with E-state index in [1.165, 1.54) is 95.3 Å². The first-order valence-corrected chi connectivity index (χ1v) is 34.1. The summed E-state index contributed by atoms with van der Waals surface area (Å²) >= 11 is 0. The summed E-state index contributed by atoms with van der Waals surface area (Å²) in [6.07, 6.45) is 46.5. The Kier molecular flexibility index (Phi) is 50.0. The molecule has 0 spiro atoms. The van der Waals surface area contributed by atoms with Crippen molar-refractivity contribution in [2.24, 2.45) is 0 Å². The van der Waals surface area contributed by atoms with Crippen LogP contribution >= 0.6 is 0 Å². The third-order valence-corrected chi connectivity index (χ3v) is 16.3. The molecule has 4 rings (SSSR count). The van der Waals surface area contributed by atoms with Gasteiger partial charge in [0.25, 0.3) is 47.3 Å². The Labute approximate surface area is 555 Å². The molecule has 0 atom stereocenters. The molecule has 0 aromatic heterocycles. The Bertz CT molecular complexity index is 2240. The number of carboxylic acid groups (broad SMARTS) is 4. The van der Waals surface area contributed by atoms with E-state index in [1.54, 1.807) is 27.7 Å². The molecule has 0 bridgehead atoms. The second kappa shape index (κ2) is 53.5. The van der Waals surface area contributed by atoms with Gasteiger partial charge >= 0.3 is 31.4 Å². The average Bonchev–Trinajstić information content (AvgIpc) is 2.87. The van der Waals surface area contributed by atoms with Gasteiger partial charge in [0, 0.05) is 97.6 Å². The molecule has 0 saturated carbocycles. The van der Waals surface area contributed by atoms with Crippen LogP contribution in [0.4, 0.5) is 0 Å². The van der Waals surface area contributed by atoms with Gasteiger partial charge in [0.15, 0.2) is 0 Å². The van der Waals surface area contributed by atoms with Crippen LogP contribution in [0.2, 0.25) is 0 Å². The molecule has 4 aliphatic rings. The van der Waals surface area contributed by atoms with Gasteiger partial charge in [0.1, 0.15) is 0 Å². The predicted molar refractivity (Wildman–Crippen MR) is 341 cm³/mol. The molecule has 8 amide bonds. The van der Waals surface area contributed by atoms with Gasteiger partial charge in [0.2, 0.25) is 0 Å². The number of imide groups is 4. The molecule has 508 valence electrons. The number of amides is 8. The van der Waals surface area contributed by atoms with Gasteiger partial charge in [-0.05, 0) is 91.9 Å². The van der Waals surface area contributed by atoms with E-state index in [9.17, 15) is 67.7 Å². The van der Waals surface area contributed by atoms with Crippen LogP contribution in [0.15, 0.2) is 46.6 Å². The van der Waals surface area contributed by atoms with Gasteiger partial charge in [0.05, 0.1) is 0 Å². The molecule has 0 aromatic rings. The number of aliphatic carboxylic acids is 4. The zero-order chi connectivity index (χ0) is 66.9. The number of carbonyl (C=O) groups is 12. The van der Waals surface area contributed by atoms with Crippen molar-refractivity contribution in [1.29, 1.82) is 0 Å². The Morgan fingerprint density at radius 2 is 0.418 bits per heavy atom. The molecule has 0 saturated heterocycles. The van der Waals surface area contributed by atoms with Crippen molar-refractivity contribution in [1.82, 2.24) is 19.6 Å². The quantitative estimate of drug-likeness (QED) is 0.0325. The number of hydrogen-bond donors (Lipinski definition) is 2. The molecule has 0 aromatic carbocycles. The zero-order valence-corrected chi connectivity index (χ0v) is 58.9. The average molecular weight is 1330 g/mol. The van der Waals surface area contributed by atoms with Crippen molar-refractivity contribution >= 4 is 71.1 Å². The second-order valence-electron chi connectivity index (χ2n) is 24.5. The summed E-state index contributed by atoms with van der Waals surface area (Å²) in [6, 6.07) is 0. The van der Waals surface area contributed by atoms with E-state index in [1.807, 2.05) is 0 Å². The standard InChI is InChI=1S/2C18H29NO4.2C17H27NO4.Zn/c2*1-15-14-16(20)19(18(15)23)13-11-9-7-5-3-2-4-6-8-10-12-17(21)22;2*1-14-13-15(19)18(17(14)22)12-10-8-6-4-2-3-5-7-9-11-16(20)21;/h2*14H,2-13H2,1H3,(H,21,22);2*13H,2-12H2,1H3,(H,20,21);/q;;;;+2/p-2. The van der Waals surface area contributed by atoms with E-state index in [4.69, 9.17) is 10.2 Å². The summed E-state index contributed by atoms with van der Waals surface area (Å²) in [5, 5.41) is 37.5. The van der Waals surface area contributed by atoms with Crippen LogP contribution in [0.5, 0.6) is 0 Å². The van der Waals surface area contributed by atoms with Gasteiger partial charge < -0.3 is 30.0 Å². The van der Waals surface area contributed by atoms with Gasteiger partial charge in [-0.3, -0.25) is 67.5 Å². The van der Waals surface area contributed by atoms with Crippen LogP contribution in [-0.4, -0.2) is 127 Å². The summed E-state index contributed by atoms with van der Waals surface area (Å²) < 4.78 is 0. The van der Waals surface area contributed by atoms with Crippen molar-refractivity contribution in [2.45, 2.75) is 297 Å². The first-order chi connectivity index (χ1) is 43.1. The second-order valence-corrected chi connectivity index (χ2v) is 24.5. The summed E-state index contributed by atoms with van der Waals surface area (Å²) in [7, 11) is 0. The predicted octanol–water partition coefficient (Wildman–Crippen LogP) is 11.3. The molecule has 0 aliphatic carbocycles. The number of nitrogens with zero attached hydrogens (tertiary/aromatic N) is 4.